The minimum Gasteiger partial charge on any atom is -0.494 e. The summed E-state index contributed by atoms with van der Waals surface area (Å²) in [4.78, 5) is 0. The molecule has 1 fully saturated rings. The summed E-state index contributed by atoms with van der Waals surface area (Å²) in [5.41, 5.74) is 0.454. The van der Waals surface area contributed by atoms with Gasteiger partial charge in [0.1, 0.15) is 5.75 Å². The number of hydrogen-bond donors (Lipinski definition) is 2. The summed E-state index contributed by atoms with van der Waals surface area (Å²) in [6.45, 7) is 1.94. The highest BCUT2D eigenvalue weighted by molar-refractivity contribution is 5.27. The van der Waals surface area contributed by atoms with Crippen LogP contribution in [0.3, 0.4) is 0 Å². The maximum atomic E-state index is 8.94. The monoisotopic (exact) mass is 254 g/mol. The number of aliphatic hydroxyl groups excluding tert-OH is 1. The second-order valence-electron chi connectivity index (χ2n) is 4.10. The molecule has 0 amide bonds. The maximum absolute atomic E-state index is 8.94. The van der Waals surface area contributed by atoms with Gasteiger partial charge in [-0.3, -0.25) is 0 Å². The average Bonchev–Trinajstić information content (AvgIpc) is 2.88. The highest BCUT2D eigenvalue weighted by atomic mass is 16.7. The summed E-state index contributed by atoms with van der Waals surface area (Å²) in [5.74, 6) is 0.715. The number of rotatable bonds is 6. The third-order valence-electron chi connectivity index (χ3n) is 2.72. The van der Waals surface area contributed by atoms with Gasteiger partial charge in [0.05, 0.1) is 19.8 Å². The van der Waals surface area contributed by atoms with Crippen molar-refractivity contribution in [3.05, 3.63) is 29.8 Å². The summed E-state index contributed by atoms with van der Waals surface area (Å²) in [6.07, 6.45) is 0.166. The minimum absolute atomic E-state index is 0.0829. The maximum Gasteiger partial charge on any atom is 0.178 e. The van der Waals surface area contributed by atoms with Gasteiger partial charge in [-0.15, -0.1) is 0 Å². The standard InChI is InChI=1S/C13H18O5/c14-13(15)10-3-5-11(6-4-10)16-7-1-2-12-17-8-9-18-12/h3-6,12-15H,1-2,7-9H2. The lowest BCUT2D eigenvalue weighted by Crippen LogP contribution is -2.09. The van der Waals surface area contributed by atoms with Crippen LogP contribution >= 0.6 is 0 Å². The molecule has 0 aliphatic carbocycles. The van der Waals surface area contributed by atoms with Gasteiger partial charge in [-0.25, -0.2) is 0 Å². The van der Waals surface area contributed by atoms with E-state index < -0.39 is 6.29 Å². The van der Waals surface area contributed by atoms with Crippen LogP contribution in [0.4, 0.5) is 0 Å². The Bertz CT molecular complexity index is 343. The largest absolute Gasteiger partial charge is 0.494 e. The Kier molecular flexibility index (Phi) is 4.95. The first-order valence-corrected chi connectivity index (χ1v) is 6.08. The molecular formula is C13H18O5. The molecular weight excluding hydrogens is 236 g/mol. The van der Waals surface area contributed by atoms with E-state index in [1.165, 1.54) is 0 Å². The Morgan fingerprint density at radius 2 is 1.83 bits per heavy atom. The normalized spacial score (nSPS) is 16.4. The lowest BCUT2D eigenvalue weighted by Gasteiger charge is -2.10. The molecule has 0 bridgehead atoms. The second-order valence-corrected chi connectivity index (χ2v) is 4.10. The van der Waals surface area contributed by atoms with E-state index in [-0.39, 0.29) is 6.29 Å². The van der Waals surface area contributed by atoms with Crippen LogP contribution in [0.25, 0.3) is 0 Å². The minimum atomic E-state index is -1.43. The van der Waals surface area contributed by atoms with E-state index in [4.69, 9.17) is 24.4 Å². The molecule has 0 spiro atoms. The van der Waals surface area contributed by atoms with Gasteiger partial charge in [-0.05, 0) is 18.6 Å². The molecule has 5 heteroatoms. The van der Waals surface area contributed by atoms with Crippen LogP contribution in [0, 0.1) is 0 Å². The number of benzene rings is 1. The molecule has 1 heterocycles. The molecule has 100 valence electrons. The van der Waals surface area contributed by atoms with Crippen molar-refractivity contribution in [2.24, 2.45) is 0 Å². The summed E-state index contributed by atoms with van der Waals surface area (Å²) < 4.78 is 16.2. The quantitative estimate of drug-likeness (QED) is 0.590. The third-order valence-corrected chi connectivity index (χ3v) is 2.72. The SMILES string of the molecule is OC(O)c1ccc(OCCCC2OCCO2)cc1. The van der Waals surface area contributed by atoms with Gasteiger partial charge in [-0.1, -0.05) is 12.1 Å². The number of ether oxygens (including phenoxy) is 3. The van der Waals surface area contributed by atoms with Gasteiger partial charge < -0.3 is 24.4 Å². The van der Waals surface area contributed by atoms with Crippen molar-refractivity contribution in [3.8, 4) is 5.75 Å². The molecule has 0 saturated carbocycles. The number of hydrogen-bond acceptors (Lipinski definition) is 5. The van der Waals surface area contributed by atoms with E-state index in [2.05, 4.69) is 0 Å². The summed E-state index contributed by atoms with van der Waals surface area (Å²) in [6, 6.07) is 6.70. The fourth-order valence-corrected chi connectivity index (χ4v) is 1.75. The van der Waals surface area contributed by atoms with Crippen molar-refractivity contribution < 1.29 is 24.4 Å². The van der Waals surface area contributed by atoms with E-state index in [1.54, 1.807) is 24.3 Å². The Balaban J connectivity index is 1.66. The van der Waals surface area contributed by atoms with Crippen molar-refractivity contribution in [1.29, 1.82) is 0 Å². The molecule has 2 rings (SSSR count). The fraction of sp³-hybridized carbons (Fsp3) is 0.538. The predicted octanol–water partition coefficient (Wildman–Crippen LogP) is 1.20. The lowest BCUT2D eigenvalue weighted by molar-refractivity contribution is -0.0493. The van der Waals surface area contributed by atoms with Crippen molar-refractivity contribution in [3.63, 3.8) is 0 Å². The van der Waals surface area contributed by atoms with Crippen molar-refractivity contribution in [1.82, 2.24) is 0 Å². The van der Waals surface area contributed by atoms with Crippen LogP contribution in [0.1, 0.15) is 24.7 Å². The molecule has 5 nitrogen and oxygen atoms in total. The van der Waals surface area contributed by atoms with Crippen molar-refractivity contribution in [2.75, 3.05) is 19.8 Å². The fourth-order valence-electron chi connectivity index (χ4n) is 1.75. The molecule has 1 aliphatic rings. The molecule has 0 aromatic heterocycles. The molecule has 0 radical (unpaired) electrons. The zero-order chi connectivity index (χ0) is 12.8. The average molecular weight is 254 g/mol. The van der Waals surface area contributed by atoms with Crippen LogP contribution in [0.2, 0.25) is 0 Å². The highest BCUT2D eigenvalue weighted by Crippen LogP contribution is 2.17. The Morgan fingerprint density at radius 1 is 1.17 bits per heavy atom. The number of aliphatic hydroxyl groups is 2. The van der Waals surface area contributed by atoms with Crippen LogP contribution in [0.5, 0.6) is 5.75 Å². The zero-order valence-electron chi connectivity index (χ0n) is 10.1. The van der Waals surface area contributed by atoms with Gasteiger partial charge in [0.2, 0.25) is 0 Å². The first kappa shape index (κ1) is 13.3. The first-order chi connectivity index (χ1) is 8.75. The van der Waals surface area contributed by atoms with E-state index in [0.29, 0.717) is 31.1 Å². The predicted molar refractivity (Wildman–Crippen MR) is 64.0 cm³/mol. The molecule has 0 atom stereocenters. The first-order valence-electron chi connectivity index (χ1n) is 6.08. The third kappa shape index (κ3) is 3.96. The Morgan fingerprint density at radius 3 is 2.44 bits per heavy atom. The molecule has 2 N–H and O–H groups in total. The van der Waals surface area contributed by atoms with Crippen LogP contribution in [-0.4, -0.2) is 36.3 Å². The Hall–Kier alpha value is -1.14. The van der Waals surface area contributed by atoms with Gasteiger partial charge in [0.15, 0.2) is 12.6 Å². The van der Waals surface area contributed by atoms with E-state index in [9.17, 15) is 0 Å². The van der Waals surface area contributed by atoms with Gasteiger partial charge in [0, 0.05) is 12.0 Å². The van der Waals surface area contributed by atoms with E-state index in [1.807, 2.05) is 0 Å². The summed E-state index contributed by atoms with van der Waals surface area (Å²) in [5, 5.41) is 17.9. The Labute approximate surface area is 106 Å². The molecule has 1 aromatic carbocycles. The molecule has 1 aromatic rings. The molecule has 1 saturated heterocycles. The topological polar surface area (TPSA) is 68.2 Å². The van der Waals surface area contributed by atoms with Gasteiger partial charge in [0.25, 0.3) is 0 Å². The zero-order valence-corrected chi connectivity index (χ0v) is 10.1. The van der Waals surface area contributed by atoms with Crippen molar-refractivity contribution in [2.45, 2.75) is 25.4 Å². The van der Waals surface area contributed by atoms with E-state index in [0.717, 1.165) is 12.8 Å². The highest BCUT2D eigenvalue weighted by Gasteiger charge is 2.14. The summed E-state index contributed by atoms with van der Waals surface area (Å²) >= 11 is 0. The van der Waals surface area contributed by atoms with Gasteiger partial charge in [-0.2, -0.15) is 0 Å². The summed E-state index contributed by atoms with van der Waals surface area (Å²) in [7, 11) is 0. The van der Waals surface area contributed by atoms with Crippen LogP contribution < -0.4 is 4.74 Å². The molecule has 0 unspecified atom stereocenters. The van der Waals surface area contributed by atoms with Crippen LogP contribution in [0.15, 0.2) is 24.3 Å². The molecule has 18 heavy (non-hydrogen) atoms. The second kappa shape index (κ2) is 6.70. The smallest absolute Gasteiger partial charge is 0.178 e. The van der Waals surface area contributed by atoms with E-state index >= 15 is 0 Å². The van der Waals surface area contributed by atoms with Gasteiger partial charge >= 0.3 is 0 Å². The van der Waals surface area contributed by atoms with Crippen LogP contribution in [-0.2, 0) is 9.47 Å². The molecule has 1 aliphatic heterocycles. The lowest BCUT2D eigenvalue weighted by atomic mass is 10.2. The van der Waals surface area contributed by atoms with Crippen molar-refractivity contribution >= 4 is 0 Å².